The lowest BCUT2D eigenvalue weighted by molar-refractivity contribution is -0.123. The Kier molecular flexibility index (Phi) is 7.42. The number of amides is 2. The molecule has 1 aliphatic rings. The second-order valence-corrected chi connectivity index (χ2v) is 9.40. The fourth-order valence-corrected chi connectivity index (χ4v) is 4.69. The predicted molar refractivity (Wildman–Crippen MR) is 134 cm³/mol. The smallest absolute Gasteiger partial charge is 0.293 e. The van der Waals surface area contributed by atoms with Gasteiger partial charge in [-0.25, -0.2) is 0 Å². The van der Waals surface area contributed by atoms with Crippen molar-refractivity contribution in [2.45, 2.75) is 13.2 Å². The zero-order chi connectivity index (χ0) is 23.4. The number of halogens is 2. The van der Waals surface area contributed by atoms with Gasteiger partial charge in [-0.3, -0.25) is 14.5 Å². The molecular weight excluding hydrogens is 526 g/mol. The van der Waals surface area contributed by atoms with E-state index in [-0.39, 0.29) is 24.3 Å². The van der Waals surface area contributed by atoms with Crippen molar-refractivity contribution in [1.29, 1.82) is 0 Å². The summed E-state index contributed by atoms with van der Waals surface area (Å²) in [7, 11) is 1.56. The van der Waals surface area contributed by atoms with Crippen LogP contribution in [-0.4, -0.2) is 23.2 Å². The lowest BCUT2D eigenvalue weighted by Gasteiger charge is -2.13. The summed E-state index contributed by atoms with van der Waals surface area (Å²) in [4.78, 5) is 27.0. The normalized spacial score (nSPS) is 14.8. The van der Waals surface area contributed by atoms with Gasteiger partial charge in [0.15, 0.2) is 11.5 Å². The van der Waals surface area contributed by atoms with Gasteiger partial charge in [-0.15, -0.1) is 0 Å². The number of carbonyl (C=O) groups excluding carboxylic acids is 2. The van der Waals surface area contributed by atoms with Gasteiger partial charge in [0.2, 0.25) is 0 Å². The lowest BCUT2D eigenvalue weighted by atomic mass is 10.1. The van der Waals surface area contributed by atoms with Crippen LogP contribution in [0.2, 0.25) is 5.02 Å². The Balaban J connectivity index is 1.54. The Morgan fingerprint density at radius 1 is 1.00 bits per heavy atom. The molecule has 0 aromatic heterocycles. The minimum atomic E-state index is -0.324. The van der Waals surface area contributed by atoms with Crippen LogP contribution in [0.4, 0.5) is 4.79 Å². The number of imide groups is 1. The van der Waals surface area contributed by atoms with E-state index in [1.165, 1.54) is 4.90 Å². The molecule has 1 heterocycles. The number of hydrogen-bond donors (Lipinski definition) is 0. The molecule has 8 heteroatoms. The van der Waals surface area contributed by atoms with E-state index in [9.17, 15) is 9.59 Å². The summed E-state index contributed by atoms with van der Waals surface area (Å²) in [5.41, 5.74) is 2.43. The third kappa shape index (κ3) is 5.43. The van der Waals surface area contributed by atoms with Crippen molar-refractivity contribution in [2.24, 2.45) is 0 Å². The van der Waals surface area contributed by atoms with Crippen LogP contribution >= 0.6 is 39.3 Å². The number of methoxy groups -OCH3 is 1. The van der Waals surface area contributed by atoms with Gasteiger partial charge in [0.1, 0.15) is 6.61 Å². The van der Waals surface area contributed by atoms with Gasteiger partial charge in [0.05, 0.1) is 18.6 Å². The van der Waals surface area contributed by atoms with E-state index in [4.69, 9.17) is 21.1 Å². The van der Waals surface area contributed by atoms with E-state index >= 15 is 0 Å². The summed E-state index contributed by atoms with van der Waals surface area (Å²) in [6.07, 6.45) is 1.69. The zero-order valence-corrected chi connectivity index (χ0v) is 20.7. The van der Waals surface area contributed by atoms with Crippen LogP contribution in [0, 0.1) is 0 Å². The van der Waals surface area contributed by atoms with E-state index in [1.54, 1.807) is 31.4 Å². The molecule has 0 bridgehead atoms. The molecule has 3 aromatic carbocycles. The average molecular weight is 545 g/mol. The van der Waals surface area contributed by atoms with E-state index in [1.807, 2.05) is 48.5 Å². The third-order valence-corrected chi connectivity index (χ3v) is 7.04. The maximum absolute atomic E-state index is 12.9. The summed E-state index contributed by atoms with van der Waals surface area (Å²) < 4.78 is 12.2. The third-order valence-electron chi connectivity index (χ3n) is 4.99. The molecule has 0 N–H and O–H groups in total. The van der Waals surface area contributed by atoms with Crippen LogP contribution in [0.25, 0.3) is 6.08 Å². The van der Waals surface area contributed by atoms with Gasteiger partial charge < -0.3 is 9.47 Å². The predicted octanol–water partition coefficient (Wildman–Crippen LogP) is 6.93. The number of thioether (sulfide) groups is 1. The van der Waals surface area contributed by atoms with Gasteiger partial charge in [0, 0.05) is 15.1 Å². The Morgan fingerprint density at radius 2 is 1.73 bits per heavy atom. The summed E-state index contributed by atoms with van der Waals surface area (Å²) in [6.45, 7) is 0.472. The molecule has 1 saturated heterocycles. The Bertz CT molecular complexity index is 1250. The molecule has 5 nitrogen and oxygen atoms in total. The van der Waals surface area contributed by atoms with Crippen molar-refractivity contribution in [3.8, 4) is 11.5 Å². The van der Waals surface area contributed by atoms with E-state index in [0.717, 1.165) is 32.9 Å². The molecule has 33 heavy (non-hydrogen) atoms. The van der Waals surface area contributed by atoms with Crippen LogP contribution in [0.1, 0.15) is 16.7 Å². The van der Waals surface area contributed by atoms with Crippen LogP contribution < -0.4 is 9.47 Å². The fraction of sp³-hybridized carbons (Fsp3) is 0.120. The Hall–Kier alpha value is -2.74. The minimum absolute atomic E-state index is 0.207. The highest BCUT2D eigenvalue weighted by Gasteiger charge is 2.35. The van der Waals surface area contributed by atoms with Crippen molar-refractivity contribution in [1.82, 2.24) is 4.90 Å². The van der Waals surface area contributed by atoms with Crippen LogP contribution in [-0.2, 0) is 17.9 Å². The first-order valence-electron chi connectivity index (χ1n) is 9.99. The molecule has 2 amide bonds. The van der Waals surface area contributed by atoms with Crippen LogP contribution in [0.3, 0.4) is 0 Å². The molecule has 3 aromatic rings. The molecule has 0 saturated carbocycles. The van der Waals surface area contributed by atoms with Crippen molar-refractivity contribution in [3.05, 3.63) is 97.8 Å². The molecule has 0 atom stereocenters. The second-order valence-electron chi connectivity index (χ2n) is 7.15. The van der Waals surface area contributed by atoms with Gasteiger partial charge in [-0.1, -0.05) is 70.0 Å². The molecule has 168 valence electrons. The molecule has 0 spiro atoms. The molecule has 1 aliphatic heterocycles. The molecular formula is C25H19BrClNO4S. The Labute approximate surface area is 209 Å². The number of carbonyl (C=O) groups is 2. The highest BCUT2D eigenvalue weighted by molar-refractivity contribution is 9.10. The van der Waals surface area contributed by atoms with Crippen molar-refractivity contribution >= 4 is 56.5 Å². The topological polar surface area (TPSA) is 55.8 Å². The first-order chi connectivity index (χ1) is 16.0. The largest absolute Gasteiger partial charge is 0.493 e. The summed E-state index contributed by atoms with van der Waals surface area (Å²) in [5.74, 6) is 0.745. The highest BCUT2D eigenvalue weighted by atomic mass is 79.9. The van der Waals surface area contributed by atoms with E-state index in [2.05, 4.69) is 15.9 Å². The molecule has 1 fully saturated rings. The second kappa shape index (κ2) is 10.5. The molecule has 0 aliphatic carbocycles. The van der Waals surface area contributed by atoms with Gasteiger partial charge in [0.25, 0.3) is 11.1 Å². The average Bonchev–Trinajstić information content (AvgIpc) is 3.07. The summed E-state index contributed by atoms with van der Waals surface area (Å²) in [6, 6.07) is 20.3. The summed E-state index contributed by atoms with van der Waals surface area (Å²) in [5, 5.41) is 0.317. The number of nitrogens with zero attached hydrogens (tertiary/aromatic N) is 1. The quantitative estimate of drug-likeness (QED) is 0.302. The van der Waals surface area contributed by atoms with Crippen LogP contribution in [0.5, 0.6) is 11.5 Å². The van der Waals surface area contributed by atoms with Gasteiger partial charge in [-0.2, -0.15) is 0 Å². The first-order valence-corrected chi connectivity index (χ1v) is 12.0. The highest BCUT2D eigenvalue weighted by Crippen LogP contribution is 2.36. The minimum Gasteiger partial charge on any atom is -0.493 e. The van der Waals surface area contributed by atoms with Crippen molar-refractivity contribution in [2.75, 3.05) is 7.11 Å². The number of ether oxygens (including phenoxy) is 2. The molecule has 4 rings (SSSR count). The SMILES string of the molecule is COc1ccc(/C=C2\SC(=O)N(Cc3ccccc3Br)C2=O)cc1OCc1ccccc1Cl. The maximum Gasteiger partial charge on any atom is 0.293 e. The van der Waals surface area contributed by atoms with Crippen molar-refractivity contribution < 1.29 is 19.1 Å². The van der Waals surface area contributed by atoms with Crippen molar-refractivity contribution in [3.63, 3.8) is 0 Å². The van der Waals surface area contributed by atoms with Crippen LogP contribution in [0.15, 0.2) is 76.1 Å². The molecule has 0 radical (unpaired) electrons. The molecule has 0 unspecified atom stereocenters. The first kappa shape index (κ1) is 23.4. The monoisotopic (exact) mass is 543 g/mol. The number of hydrogen-bond acceptors (Lipinski definition) is 5. The van der Waals surface area contributed by atoms with Gasteiger partial charge in [-0.05, 0) is 53.2 Å². The Morgan fingerprint density at radius 3 is 2.45 bits per heavy atom. The zero-order valence-electron chi connectivity index (χ0n) is 17.6. The maximum atomic E-state index is 12.9. The number of rotatable bonds is 7. The number of benzene rings is 3. The van der Waals surface area contributed by atoms with E-state index < -0.39 is 0 Å². The lowest BCUT2D eigenvalue weighted by Crippen LogP contribution is -2.27. The van der Waals surface area contributed by atoms with Gasteiger partial charge >= 0.3 is 0 Å². The van der Waals surface area contributed by atoms with E-state index in [0.29, 0.717) is 21.4 Å². The standard InChI is InChI=1S/C25H19BrClNO4S/c1-31-21-11-10-16(12-22(21)32-15-18-7-3-5-9-20(18)27)13-23-24(29)28(25(30)33-23)14-17-6-2-4-8-19(17)26/h2-13H,14-15H2,1H3/b23-13-. The fourth-order valence-electron chi connectivity index (χ4n) is 3.25. The summed E-state index contributed by atoms with van der Waals surface area (Å²) >= 11 is 10.6.